The minimum absolute atomic E-state index is 0.191. The van der Waals surface area contributed by atoms with Crippen LogP contribution in [-0.4, -0.2) is 25.7 Å². The number of carbonyl (C=O) groups excluding carboxylic acids is 1. The zero-order valence-corrected chi connectivity index (χ0v) is 14.8. The van der Waals surface area contributed by atoms with Crippen molar-refractivity contribution in [3.05, 3.63) is 62.2 Å². The molecule has 0 unspecified atom stereocenters. The summed E-state index contributed by atoms with van der Waals surface area (Å²) in [5, 5.41) is 20.8. The van der Waals surface area contributed by atoms with E-state index in [1.165, 1.54) is 10.6 Å². The van der Waals surface area contributed by atoms with E-state index >= 15 is 0 Å². The maximum atomic E-state index is 14.1. The monoisotopic (exact) mass is 382 g/mol. The number of pyridine rings is 2. The van der Waals surface area contributed by atoms with Crippen LogP contribution in [0.25, 0.3) is 22.3 Å². The average Bonchev–Trinajstić information content (AvgIpc) is 3.03. The second-order valence-electron chi connectivity index (χ2n) is 7.06. The Hall–Kier alpha value is -3.10. The quantitative estimate of drug-likeness (QED) is 0.483. The lowest BCUT2D eigenvalue weighted by atomic mass is 9.98. The van der Waals surface area contributed by atoms with Crippen molar-refractivity contribution >= 4 is 16.9 Å². The highest BCUT2D eigenvalue weighted by atomic mass is 19.1. The molecule has 7 nitrogen and oxygen atoms in total. The summed E-state index contributed by atoms with van der Waals surface area (Å²) in [7, 11) is 0. The number of halogens is 1. The topological polar surface area (TPSA) is 102 Å². The van der Waals surface area contributed by atoms with Gasteiger partial charge in [-0.15, -0.1) is 0 Å². The van der Waals surface area contributed by atoms with Crippen LogP contribution in [0.5, 0.6) is 0 Å². The molecule has 2 aliphatic rings. The Labute approximate surface area is 157 Å². The van der Waals surface area contributed by atoms with Gasteiger partial charge in [0.15, 0.2) is 6.10 Å². The molecule has 1 aromatic carbocycles. The molecule has 0 saturated heterocycles. The molecule has 0 bridgehead atoms. The van der Waals surface area contributed by atoms with Gasteiger partial charge in [0.25, 0.3) is 5.56 Å². The number of hydrogen-bond acceptors (Lipinski definition) is 6. The Balaban J connectivity index is 1.84. The van der Waals surface area contributed by atoms with Crippen molar-refractivity contribution in [1.82, 2.24) is 9.55 Å². The molecule has 3 aromatic rings. The second-order valence-corrected chi connectivity index (χ2v) is 7.06. The molecular weight excluding hydrogens is 367 g/mol. The number of cyclic esters (lactones) is 1. The third-order valence-electron chi connectivity index (χ3n) is 5.51. The maximum Gasteiger partial charge on any atom is 0.340 e. The fourth-order valence-corrected chi connectivity index (χ4v) is 4.02. The summed E-state index contributed by atoms with van der Waals surface area (Å²) in [4.78, 5) is 29.2. The summed E-state index contributed by atoms with van der Waals surface area (Å²) in [5.41, 5.74) is 2.95. The van der Waals surface area contributed by atoms with Crippen molar-refractivity contribution in [2.45, 2.75) is 32.8 Å². The number of aryl methyl sites for hydroxylation is 1. The number of rotatable bonds is 1. The lowest BCUT2D eigenvalue weighted by Crippen LogP contribution is -2.32. The van der Waals surface area contributed by atoms with Gasteiger partial charge in [0.1, 0.15) is 12.4 Å². The van der Waals surface area contributed by atoms with E-state index in [-0.39, 0.29) is 36.4 Å². The highest BCUT2D eigenvalue weighted by Gasteiger charge is 2.34. The molecule has 1 atom stereocenters. The van der Waals surface area contributed by atoms with E-state index in [1.807, 2.05) is 0 Å². The third-order valence-corrected chi connectivity index (χ3v) is 5.51. The van der Waals surface area contributed by atoms with Crippen LogP contribution in [0, 0.1) is 12.7 Å². The number of hydrogen-bond donors (Lipinski definition) is 2. The minimum atomic E-state index is -1.54. The molecule has 0 spiro atoms. The number of nitrogens with zero attached hydrogens (tertiary/aromatic N) is 2. The number of aromatic nitrogens is 2. The third kappa shape index (κ3) is 2.12. The highest BCUT2D eigenvalue weighted by molar-refractivity contribution is 5.89. The van der Waals surface area contributed by atoms with Gasteiger partial charge in [-0.3, -0.25) is 4.79 Å². The van der Waals surface area contributed by atoms with E-state index in [0.717, 1.165) is 0 Å². The zero-order valence-electron chi connectivity index (χ0n) is 14.8. The summed E-state index contributed by atoms with van der Waals surface area (Å²) in [6.07, 6.45) is -1.54. The van der Waals surface area contributed by atoms with Crippen LogP contribution in [0.1, 0.15) is 33.9 Å². The predicted octanol–water partition coefficient (Wildman–Crippen LogP) is 1.46. The smallest absolute Gasteiger partial charge is 0.340 e. The van der Waals surface area contributed by atoms with E-state index in [2.05, 4.69) is 4.98 Å². The van der Waals surface area contributed by atoms with E-state index in [1.54, 1.807) is 19.1 Å². The molecule has 4 heterocycles. The number of carbonyl (C=O) groups is 1. The van der Waals surface area contributed by atoms with Gasteiger partial charge in [0, 0.05) is 22.6 Å². The summed E-state index contributed by atoms with van der Waals surface area (Å²) < 4.78 is 20.4. The van der Waals surface area contributed by atoms with Crippen LogP contribution in [0.3, 0.4) is 0 Å². The van der Waals surface area contributed by atoms with Crippen molar-refractivity contribution in [1.29, 1.82) is 0 Å². The van der Waals surface area contributed by atoms with E-state index in [9.17, 15) is 24.2 Å². The Morgan fingerprint density at radius 1 is 1.29 bits per heavy atom. The van der Waals surface area contributed by atoms with Crippen molar-refractivity contribution in [3.63, 3.8) is 0 Å². The molecule has 0 radical (unpaired) electrons. The second kappa shape index (κ2) is 5.70. The number of esters is 1. The first-order valence-corrected chi connectivity index (χ1v) is 8.75. The van der Waals surface area contributed by atoms with E-state index in [4.69, 9.17) is 4.74 Å². The molecule has 0 aliphatic carbocycles. The van der Waals surface area contributed by atoms with Gasteiger partial charge in [-0.25, -0.2) is 14.2 Å². The first-order chi connectivity index (χ1) is 13.4. The summed E-state index contributed by atoms with van der Waals surface area (Å²) >= 11 is 0. The standard InChI is InChI=1S/C20H15FN2O5/c1-8-2-9-12(6-24)11-5-23-16(17(11)22-15(9)4-14(8)21)3-10-13(19(23)26)7-28-20(27)18(10)25/h2-4,18,24-25H,5-7H2,1H3/t18-/m0/s1. The van der Waals surface area contributed by atoms with Crippen LogP contribution >= 0.6 is 0 Å². The molecule has 2 aliphatic heterocycles. The van der Waals surface area contributed by atoms with Gasteiger partial charge in [-0.2, -0.15) is 0 Å². The molecular formula is C20H15FN2O5. The first-order valence-electron chi connectivity index (χ1n) is 8.75. The normalized spacial score (nSPS) is 17.3. The van der Waals surface area contributed by atoms with Gasteiger partial charge >= 0.3 is 5.97 Å². The molecule has 28 heavy (non-hydrogen) atoms. The number of aliphatic hydroxyl groups excluding tert-OH is 2. The molecule has 8 heteroatoms. The molecule has 142 valence electrons. The molecule has 2 aromatic heterocycles. The van der Waals surface area contributed by atoms with Crippen LogP contribution in [-0.2, 0) is 29.3 Å². The lowest BCUT2D eigenvalue weighted by molar-refractivity contribution is -0.157. The molecule has 2 N–H and O–H groups in total. The number of aliphatic hydroxyl groups is 2. The van der Waals surface area contributed by atoms with Crippen LogP contribution in [0.2, 0.25) is 0 Å². The largest absolute Gasteiger partial charge is 0.458 e. The fourth-order valence-electron chi connectivity index (χ4n) is 4.02. The van der Waals surface area contributed by atoms with Gasteiger partial charge in [-0.1, -0.05) is 0 Å². The SMILES string of the molecule is Cc1cc2c(CO)c3c(nc2cc1F)-c1cc2c(c(=O)n1C3)COC(=O)[C@H]2O. The highest BCUT2D eigenvalue weighted by Crippen LogP contribution is 2.38. The van der Waals surface area contributed by atoms with Crippen molar-refractivity contribution < 1.29 is 24.1 Å². The summed E-state index contributed by atoms with van der Waals surface area (Å²) in [5.74, 6) is -1.22. The van der Waals surface area contributed by atoms with Gasteiger partial charge in [0.2, 0.25) is 0 Å². The molecule has 0 fully saturated rings. The zero-order chi connectivity index (χ0) is 19.7. The number of benzene rings is 1. The van der Waals surface area contributed by atoms with Gasteiger partial charge in [-0.05, 0) is 30.2 Å². The Morgan fingerprint density at radius 2 is 2.07 bits per heavy atom. The van der Waals surface area contributed by atoms with Crippen LogP contribution in [0.4, 0.5) is 4.39 Å². The van der Waals surface area contributed by atoms with Crippen molar-refractivity contribution in [2.24, 2.45) is 0 Å². The Kier molecular flexibility index (Phi) is 3.47. The van der Waals surface area contributed by atoms with Crippen LogP contribution in [0.15, 0.2) is 23.0 Å². The molecule has 0 saturated carbocycles. The predicted molar refractivity (Wildman–Crippen MR) is 95.9 cm³/mol. The fraction of sp³-hybridized carbons (Fsp3) is 0.250. The molecule has 5 rings (SSSR count). The van der Waals surface area contributed by atoms with E-state index in [0.29, 0.717) is 39.0 Å². The Morgan fingerprint density at radius 3 is 2.82 bits per heavy atom. The summed E-state index contributed by atoms with van der Waals surface area (Å²) in [6, 6.07) is 4.49. The Bertz CT molecular complexity index is 1260. The average molecular weight is 382 g/mol. The minimum Gasteiger partial charge on any atom is -0.458 e. The molecule has 0 amide bonds. The number of ether oxygens (including phenoxy) is 1. The van der Waals surface area contributed by atoms with Crippen LogP contribution < -0.4 is 5.56 Å². The lowest BCUT2D eigenvalue weighted by Gasteiger charge is -2.21. The first kappa shape index (κ1) is 17.0. The van der Waals surface area contributed by atoms with Gasteiger partial charge < -0.3 is 19.5 Å². The summed E-state index contributed by atoms with van der Waals surface area (Å²) in [6.45, 7) is 1.33. The van der Waals surface area contributed by atoms with Crippen molar-refractivity contribution in [3.8, 4) is 11.4 Å². The maximum absolute atomic E-state index is 14.1. The van der Waals surface area contributed by atoms with Gasteiger partial charge in [0.05, 0.1) is 35.6 Å². The van der Waals surface area contributed by atoms with E-state index < -0.39 is 17.9 Å². The van der Waals surface area contributed by atoms with Crippen molar-refractivity contribution in [2.75, 3.05) is 0 Å². The number of fused-ring (bicyclic) bond motifs is 5.